The summed E-state index contributed by atoms with van der Waals surface area (Å²) in [5, 5.41) is 18.5. The first-order valence-electron chi connectivity index (χ1n) is 5.83. The predicted octanol–water partition coefficient (Wildman–Crippen LogP) is 2.52. The lowest BCUT2D eigenvalue weighted by Crippen LogP contribution is -2.03. The van der Waals surface area contributed by atoms with Crippen LogP contribution in [-0.2, 0) is 6.42 Å². The second-order valence-electron chi connectivity index (χ2n) is 3.83. The molecule has 0 N–H and O–H groups in total. The Morgan fingerprint density at radius 1 is 1.45 bits per heavy atom. The van der Waals surface area contributed by atoms with Crippen LogP contribution in [0.25, 0.3) is 0 Å². The lowest BCUT2D eigenvalue weighted by molar-refractivity contribution is -0.384. The Balaban J connectivity index is 2.01. The van der Waals surface area contributed by atoms with Gasteiger partial charge in [-0.05, 0) is 0 Å². The van der Waals surface area contributed by atoms with Crippen LogP contribution < -0.4 is 0 Å². The fourth-order valence-electron chi connectivity index (χ4n) is 1.44. The monoisotopic (exact) mass is 293 g/mol. The van der Waals surface area contributed by atoms with E-state index in [2.05, 4.69) is 10.2 Å². The molecule has 7 nitrogen and oxygen atoms in total. The first kappa shape index (κ1) is 14.2. The zero-order valence-corrected chi connectivity index (χ0v) is 11.4. The molecule has 0 radical (unpaired) electrons. The molecular weight excluding hydrogens is 282 g/mol. The van der Waals surface area contributed by atoms with Crippen molar-refractivity contribution in [3.8, 4) is 0 Å². The number of nitro benzene ring substituents is 1. The van der Waals surface area contributed by atoms with Crippen LogP contribution in [0.4, 0.5) is 5.69 Å². The lowest BCUT2D eigenvalue weighted by atomic mass is 10.1. The summed E-state index contributed by atoms with van der Waals surface area (Å²) in [6.07, 6.45) is 0.631. The van der Waals surface area contributed by atoms with E-state index in [1.54, 1.807) is 6.07 Å². The van der Waals surface area contributed by atoms with E-state index in [0.29, 0.717) is 23.1 Å². The lowest BCUT2D eigenvalue weighted by Gasteiger charge is -1.99. The molecule has 0 aliphatic heterocycles. The van der Waals surface area contributed by atoms with Gasteiger partial charge >= 0.3 is 0 Å². The molecule has 1 aromatic heterocycles. The van der Waals surface area contributed by atoms with Crippen molar-refractivity contribution in [2.24, 2.45) is 0 Å². The maximum Gasteiger partial charge on any atom is 0.277 e. The van der Waals surface area contributed by atoms with Crippen molar-refractivity contribution in [2.75, 3.05) is 5.75 Å². The molecule has 0 bridgehead atoms. The van der Waals surface area contributed by atoms with Gasteiger partial charge in [0.1, 0.15) is 0 Å². The number of carbonyl (C=O) groups is 1. The van der Waals surface area contributed by atoms with Gasteiger partial charge in [-0.2, -0.15) is 0 Å². The van der Waals surface area contributed by atoms with Gasteiger partial charge in [0.2, 0.25) is 5.89 Å². The molecule has 0 fully saturated rings. The number of ketones is 1. The van der Waals surface area contributed by atoms with Crippen molar-refractivity contribution in [2.45, 2.75) is 18.6 Å². The normalized spacial score (nSPS) is 10.4. The number of Topliss-reactive ketones (excluding diaryl/α,β-unsaturated/α-hetero) is 1. The van der Waals surface area contributed by atoms with Gasteiger partial charge in [-0.1, -0.05) is 30.8 Å². The Labute approximate surface area is 118 Å². The Morgan fingerprint density at radius 3 is 2.90 bits per heavy atom. The number of non-ortho nitro benzene ring substituents is 1. The summed E-state index contributed by atoms with van der Waals surface area (Å²) < 4.78 is 5.26. The van der Waals surface area contributed by atoms with Gasteiger partial charge in [0.05, 0.1) is 10.7 Å². The van der Waals surface area contributed by atoms with Gasteiger partial charge in [0, 0.05) is 24.1 Å². The van der Waals surface area contributed by atoms with Crippen LogP contribution in [0.1, 0.15) is 23.2 Å². The van der Waals surface area contributed by atoms with E-state index in [1.165, 1.54) is 18.2 Å². The first-order valence-corrected chi connectivity index (χ1v) is 6.81. The van der Waals surface area contributed by atoms with Crippen LogP contribution in [0.5, 0.6) is 0 Å². The number of hydrogen-bond donors (Lipinski definition) is 0. The van der Waals surface area contributed by atoms with Crippen molar-refractivity contribution in [3.63, 3.8) is 0 Å². The van der Waals surface area contributed by atoms with Gasteiger partial charge in [-0.25, -0.2) is 0 Å². The number of aryl methyl sites for hydroxylation is 1. The van der Waals surface area contributed by atoms with Gasteiger partial charge < -0.3 is 4.42 Å². The van der Waals surface area contributed by atoms with E-state index in [-0.39, 0.29) is 17.2 Å². The molecule has 0 spiro atoms. The van der Waals surface area contributed by atoms with Crippen LogP contribution in [0.2, 0.25) is 0 Å². The van der Waals surface area contributed by atoms with Gasteiger partial charge in [-0.3, -0.25) is 14.9 Å². The van der Waals surface area contributed by atoms with Crippen LogP contribution >= 0.6 is 11.8 Å². The second-order valence-corrected chi connectivity index (χ2v) is 4.76. The summed E-state index contributed by atoms with van der Waals surface area (Å²) in [5.74, 6) is 0.372. The van der Waals surface area contributed by atoms with E-state index in [4.69, 9.17) is 4.42 Å². The van der Waals surface area contributed by atoms with Gasteiger partial charge in [-0.15, -0.1) is 10.2 Å². The molecule has 8 heteroatoms. The molecule has 2 aromatic rings. The fourth-order valence-corrected chi connectivity index (χ4v) is 2.12. The third-order valence-electron chi connectivity index (χ3n) is 2.46. The average Bonchev–Trinajstić information content (AvgIpc) is 2.93. The number of nitrogens with zero attached hydrogens (tertiary/aromatic N) is 3. The Morgan fingerprint density at radius 2 is 2.25 bits per heavy atom. The van der Waals surface area contributed by atoms with Gasteiger partial charge in [0.15, 0.2) is 5.78 Å². The molecule has 0 amide bonds. The molecule has 104 valence electrons. The van der Waals surface area contributed by atoms with Crippen molar-refractivity contribution < 1.29 is 14.1 Å². The Hall–Kier alpha value is -2.22. The van der Waals surface area contributed by atoms with Crippen LogP contribution in [0.3, 0.4) is 0 Å². The molecule has 0 atom stereocenters. The zero-order chi connectivity index (χ0) is 14.5. The van der Waals surface area contributed by atoms with Crippen LogP contribution in [0.15, 0.2) is 33.9 Å². The van der Waals surface area contributed by atoms with Crippen molar-refractivity contribution in [1.29, 1.82) is 0 Å². The van der Waals surface area contributed by atoms with Crippen molar-refractivity contribution in [1.82, 2.24) is 10.2 Å². The standard InChI is InChI=1S/C12H11N3O4S/c1-2-11-13-14-12(19-11)20-7-10(16)8-4-3-5-9(6-8)15(17)18/h3-6H,2,7H2,1H3. The smallest absolute Gasteiger partial charge is 0.277 e. The number of benzene rings is 1. The van der Waals surface area contributed by atoms with Crippen LogP contribution in [-0.4, -0.2) is 26.7 Å². The quantitative estimate of drug-likeness (QED) is 0.349. The number of rotatable bonds is 6. The molecule has 0 unspecified atom stereocenters. The third-order valence-corrected chi connectivity index (χ3v) is 3.27. The molecule has 20 heavy (non-hydrogen) atoms. The number of carbonyl (C=O) groups excluding carboxylic acids is 1. The molecule has 0 saturated carbocycles. The molecule has 2 rings (SSSR count). The molecular formula is C12H11N3O4S. The predicted molar refractivity (Wildman–Crippen MR) is 71.8 cm³/mol. The maximum absolute atomic E-state index is 11.9. The number of hydrogen-bond acceptors (Lipinski definition) is 7. The third kappa shape index (κ3) is 3.41. The summed E-state index contributed by atoms with van der Waals surface area (Å²) in [6, 6.07) is 5.63. The highest BCUT2D eigenvalue weighted by atomic mass is 32.2. The number of nitro groups is 1. The highest BCUT2D eigenvalue weighted by molar-refractivity contribution is 7.99. The number of aromatic nitrogens is 2. The highest BCUT2D eigenvalue weighted by Gasteiger charge is 2.13. The Kier molecular flexibility index (Phi) is 4.46. The molecule has 0 aliphatic carbocycles. The topological polar surface area (TPSA) is 99.1 Å². The maximum atomic E-state index is 11.9. The van der Waals surface area contributed by atoms with Crippen LogP contribution in [0, 0.1) is 10.1 Å². The number of thioether (sulfide) groups is 1. The largest absolute Gasteiger partial charge is 0.416 e. The highest BCUT2D eigenvalue weighted by Crippen LogP contribution is 2.19. The minimum atomic E-state index is -0.532. The Bertz CT molecular complexity index is 641. The SMILES string of the molecule is CCc1nnc(SCC(=O)c2cccc([N+](=O)[O-])c2)o1. The molecule has 0 saturated heterocycles. The van der Waals surface area contributed by atoms with E-state index >= 15 is 0 Å². The van der Waals surface area contributed by atoms with E-state index in [1.807, 2.05) is 6.92 Å². The second kappa shape index (κ2) is 6.29. The molecule has 1 heterocycles. The minimum absolute atomic E-state index is 0.0898. The minimum Gasteiger partial charge on any atom is -0.416 e. The van der Waals surface area contributed by atoms with Gasteiger partial charge in [0.25, 0.3) is 10.9 Å². The van der Waals surface area contributed by atoms with E-state index in [0.717, 1.165) is 11.8 Å². The van der Waals surface area contributed by atoms with Crippen molar-refractivity contribution >= 4 is 23.2 Å². The summed E-state index contributed by atoms with van der Waals surface area (Å²) in [4.78, 5) is 22.1. The summed E-state index contributed by atoms with van der Waals surface area (Å²) in [5.41, 5.74) is 0.189. The van der Waals surface area contributed by atoms with E-state index in [9.17, 15) is 14.9 Å². The summed E-state index contributed by atoms with van der Waals surface area (Å²) in [6.45, 7) is 1.89. The van der Waals surface area contributed by atoms with Crippen molar-refractivity contribution in [3.05, 3.63) is 45.8 Å². The fraction of sp³-hybridized carbons (Fsp3) is 0.250. The zero-order valence-electron chi connectivity index (χ0n) is 10.6. The summed E-state index contributed by atoms with van der Waals surface area (Å²) in [7, 11) is 0. The molecule has 1 aromatic carbocycles. The molecule has 0 aliphatic rings. The first-order chi connectivity index (χ1) is 9.60. The van der Waals surface area contributed by atoms with E-state index < -0.39 is 4.92 Å². The summed E-state index contributed by atoms with van der Waals surface area (Å²) >= 11 is 1.11. The average molecular weight is 293 g/mol.